The van der Waals surface area contributed by atoms with Crippen LogP contribution in [0, 0.1) is 12.7 Å². The quantitative estimate of drug-likeness (QED) is 0.247. The van der Waals surface area contributed by atoms with Crippen LogP contribution in [-0.4, -0.2) is 75.6 Å². The number of benzene rings is 1. The van der Waals surface area contributed by atoms with Crippen LogP contribution < -0.4 is 16.0 Å². The van der Waals surface area contributed by atoms with Crippen LogP contribution in [0.15, 0.2) is 40.2 Å². The number of aromatic nitrogens is 5. The molecular formula is C28H35FN6O5S. The van der Waals surface area contributed by atoms with Crippen molar-refractivity contribution in [2.24, 2.45) is 0 Å². The molecule has 1 fully saturated rings. The molecule has 0 radical (unpaired) electrons. The Morgan fingerprint density at radius 2 is 1.90 bits per heavy atom. The van der Waals surface area contributed by atoms with Crippen molar-refractivity contribution in [1.29, 1.82) is 0 Å². The van der Waals surface area contributed by atoms with Gasteiger partial charge in [0.25, 0.3) is 5.56 Å². The first-order valence-electron chi connectivity index (χ1n) is 13.6. The molecule has 4 aromatic rings. The molecular weight excluding hydrogens is 551 g/mol. The number of nitrogens with zero attached hydrogens (tertiary/aromatic N) is 6. The molecule has 1 saturated heterocycles. The van der Waals surface area contributed by atoms with Gasteiger partial charge in [0.2, 0.25) is 0 Å². The summed E-state index contributed by atoms with van der Waals surface area (Å²) in [6, 6.07) is 4.21. The lowest BCUT2D eigenvalue weighted by Crippen LogP contribution is -2.44. The molecule has 13 heteroatoms. The van der Waals surface area contributed by atoms with Gasteiger partial charge < -0.3 is 14.2 Å². The summed E-state index contributed by atoms with van der Waals surface area (Å²) in [5.41, 5.74) is 0.377. The van der Waals surface area contributed by atoms with E-state index in [0.29, 0.717) is 57.7 Å². The molecule has 0 N–H and O–H groups in total. The van der Waals surface area contributed by atoms with Crippen LogP contribution in [0.3, 0.4) is 0 Å². The van der Waals surface area contributed by atoms with E-state index in [2.05, 4.69) is 28.9 Å². The van der Waals surface area contributed by atoms with E-state index in [0.717, 1.165) is 6.54 Å². The van der Waals surface area contributed by atoms with Gasteiger partial charge in [-0.05, 0) is 45.4 Å². The average molecular weight is 587 g/mol. The van der Waals surface area contributed by atoms with Gasteiger partial charge in [0, 0.05) is 37.4 Å². The van der Waals surface area contributed by atoms with Gasteiger partial charge in [-0.1, -0.05) is 11.3 Å². The minimum absolute atomic E-state index is 0.0195. The zero-order valence-corrected chi connectivity index (χ0v) is 24.7. The number of ether oxygens (including phenoxy) is 3. The first-order chi connectivity index (χ1) is 19.7. The van der Waals surface area contributed by atoms with E-state index in [1.54, 1.807) is 24.1 Å². The topological polar surface area (TPSA) is 106 Å². The van der Waals surface area contributed by atoms with Gasteiger partial charge in [0.1, 0.15) is 27.5 Å². The summed E-state index contributed by atoms with van der Waals surface area (Å²) in [4.78, 5) is 32.5. The highest BCUT2D eigenvalue weighted by atomic mass is 32.1. The Balaban J connectivity index is 1.71. The highest BCUT2D eigenvalue weighted by Gasteiger charge is 2.32. The van der Waals surface area contributed by atoms with Gasteiger partial charge in [-0.25, -0.2) is 9.18 Å². The minimum Gasteiger partial charge on any atom is -0.496 e. The zero-order chi connectivity index (χ0) is 29.3. The lowest BCUT2D eigenvalue weighted by atomic mass is 10.1. The van der Waals surface area contributed by atoms with Crippen LogP contribution in [0.4, 0.5) is 4.39 Å². The van der Waals surface area contributed by atoms with Crippen molar-refractivity contribution in [3.05, 3.63) is 68.4 Å². The molecule has 0 spiro atoms. The lowest BCUT2D eigenvalue weighted by Gasteiger charge is -2.24. The van der Waals surface area contributed by atoms with Crippen LogP contribution in [0.1, 0.15) is 43.5 Å². The maximum absolute atomic E-state index is 14.5. The van der Waals surface area contributed by atoms with Gasteiger partial charge in [-0.3, -0.25) is 18.8 Å². The van der Waals surface area contributed by atoms with Gasteiger partial charge in [-0.2, -0.15) is 10.2 Å². The van der Waals surface area contributed by atoms with Gasteiger partial charge in [0.15, 0.2) is 0 Å². The molecule has 4 heterocycles. The third-order valence-corrected chi connectivity index (χ3v) is 8.88. The van der Waals surface area contributed by atoms with Crippen molar-refractivity contribution in [2.45, 2.75) is 51.9 Å². The smallest absolute Gasteiger partial charge is 0.332 e. The van der Waals surface area contributed by atoms with E-state index in [4.69, 9.17) is 14.2 Å². The first kappa shape index (κ1) is 29.1. The lowest BCUT2D eigenvalue weighted by molar-refractivity contribution is 0.00637. The van der Waals surface area contributed by atoms with Crippen molar-refractivity contribution in [1.82, 2.24) is 29.0 Å². The second-order valence-electron chi connectivity index (χ2n) is 10.4. The predicted molar refractivity (Wildman–Crippen MR) is 154 cm³/mol. The number of rotatable bonds is 11. The Bertz CT molecular complexity index is 1630. The molecule has 2 atom stereocenters. The third kappa shape index (κ3) is 5.59. The zero-order valence-electron chi connectivity index (χ0n) is 23.9. The largest absolute Gasteiger partial charge is 0.496 e. The molecule has 1 aliphatic rings. The molecule has 41 heavy (non-hydrogen) atoms. The molecule has 1 unspecified atom stereocenters. The van der Waals surface area contributed by atoms with Crippen molar-refractivity contribution >= 4 is 21.6 Å². The predicted octanol–water partition coefficient (Wildman–Crippen LogP) is 3.32. The molecule has 1 aliphatic heterocycles. The Hall–Kier alpha value is -3.39. The number of thiophene rings is 1. The molecule has 11 nitrogen and oxygen atoms in total. The summed E-state index contributed by atoms with van der Waals surface area (Å²) in [7, 11) is 3.06. The van der Waals surface area contributed by atoms with E-state index in [-0.39, 0.29) is 24.8 Å². The Morgan fingerprint density at radius 1 is 1.15 bits per heavy atom. The highest BCUT2D eigenvalue weighted by molar-refractivity contribution is 7.21. The fraction of sp³-hybridized carbons (Fsp3) is 0.500. The van der Waals surface area contributed by atoms with E-state index in [1.165, 1.54) is 46.0 Å². The summed E-state index contributed by atoms with van der Waals surface area (Å²) >= 11 is 1.26. The minimum atomic E-state index is -0.771. The number of hydrogen-bond acceptors (Lipinski definition) is 9. The number of aryl methyl sites for hydroxylation is 1. The Labute approximate surface area is 240 Å². The second-order valence-corrected chi connectivity index (χ2v) is 11.3. The van der Waals surface area contributed by atoms with Gasteiger partial charge in [0.05, 0.1) is 50.7 Å². The standard InChI is InChI=1S/C28H35FN6O5S/c1-17(2)32-11-8-20(15-32)34-25(36)24-18(3)26(35-30-9-10-31-35)41-27(24)33(28(34)37)16-23(40-13-12-38-4)21-14-19(29)6-7-22(21)39-5/h6-7,9-10,14,17,20,23H,8,11-13,15-16H2,1-5H3/t20?,23-/m0/s1. The maximum Gasteiger partial charge on any atom is 0.332 e. The highest BCUT2D eigenvalue weighted by Crippen LogP contribution is 2.34. The molecule has 0 saturated carbocycles. The Morgan fingerprint density at radius 3 is 2.56 bits per heavy atom. The van der Waals surface area contributed by atoms with Gasteiger partial charge in [-0.15, -0.1) is 4.80 Å². The van der Waals surface area contributed by atoms with Crippen LogP contribution in [0.5, 0.6) is 5.75 Å². The average Bonchev–Trinajstić information content (AvgIpc) is 3.71. The number of hydrogen-bond donors (Lipinski definition) is 0. The number of likely N-dealkylation sites (tertiary alicyclic amines) is 1. The second kappa shape index (κ2) is 12.2. The summed E-state index contributed by atoms with van der Waals surface area (Å²) in [5, 5.41) is 9.60. The van der Waals surface area contributed by atoms with E-state index < -0.39 is 17.6 Å². The molecule has 0 bridgehead atoms. The Kier molecular flexibility index (Phi) is 8.68. The molecule has 0 aliphatic carbocycles. The van der Waals surface area contributed by atoms with E-state index in [9.17, 15) is 14.0 Å². The number of methoxy groups -OCH3 is 2. The normalized spacial score (nSPS) is 16.7. The van der Waals surface area contributed by atoms with Crippen LogP contribution in [0.2, 0.25) is 0 Å². The van der Waals surface area contributed by atoms with E-state index >= 15 is 0 Å². The number of fused-ring (bicyclic) bond motifs is 1. The number of halogens is 1. The summed E-state index contributed by atoms with van der Waals surface area (Å²) in [5.74, 6) is -0.0269. The summed E-state index contributed by atoms with van der Waals surface area (Å²) in [6.07, 6.45) is 3.03. The van der Waals surface area contributed by atoms with E-state index in [1.807, 2.05) is 6.92 Å². The summed E-state index contributed by atoms with van der Waals surface area (Å²) < 4.78 is 34.3. The van der Waals surface area contributed by atoms with Crippen molar-refractivity contribution in [3.8, 4) is 10.8 Å². The van der Waals surface area contributed by atoms with Gasteiger partial charge >= 0.3 is 5.69 Å². The molecule has 0 amide bonds. The fourth-order valence-electron chi connectivity index (χ4n) is 5.43. The SMILES string of the molecule is COCCO[C@@H](Cn1c(=O)n(C2CCN(C(C)C)C2)c(=O)c2c(C)c(-n3nccn3)sc21)c1cc(F)ccc1OC. The van der Waals surface area contributed by atoms with Crippen LogP contribution in [0.25, 0.3) is 15.2 Å². The third-order valence-electron chi connectivity index (χ3n) is 7.60. The van der Waals surface area contributed by atoms with Crippen LogP contribution in [-0.2, 0) is 16.0 Å². The molecule has 3 aromatic heterocycles. The van der Waals surface area contributed by atoms with Crippen molar-refractivity contribution in [3.63, 3.8) is 0 Å². The maximum atomic E-state index is 14.5. The monoisotopic (exact) mass is 586 g/mol. The van der Waals surface area contributed by atoms with Crippen molar-refractivity contribution < 1.29 is 18.6 Å². The van der Waals surface area contributed by atoms with Crippen LogP contribution >= 0.6 is 11.3 Å². The molecule has 220 valence electrons. The molecule has 5 rings (SSSR count). The molecule has 1 aromatic carbocycles. The van der Waals surface area contributed by atoms with Crippen molar-refractivity contribution in [2.75, 3.05) is 40.5 Å². The fourth-order valence-corrected chi connectivity index (χ4v) is 6.65. The first-order valence-corrected chi connectivity index (χ1v) is 14.4. The summed E-state index contributed by atoms with van der Waals surface area (Å²) in [6.45, 7) is 7.97.